The fourth-order valence-electron chi connectivity index (χ4n) is 1.51. The maximum Gasteiger partial charge on any atom is 0.352 e. The number of carbonyl (C=O) groups excluding carboxylic acids is 1. The van der Waals surface area contributed by atoms with Crippen LogP contribution in [0.15, 0.2) is 30.5 Å². The van der Waals surface area contributed by atoms with Gasteiger partial charge >= 0.3 is 5.97 Å². The van der Waals surface area contributed by atoms with Crippen LogP contribution in [0.2, 0.25) is 0 Å². The van der Waals surface area contributed by atoms with Gasteiger partial charge in [-0.05, 0) is 19.1 Å². The van der Waals surface area contributed by atoms with E-state index in [0.717, 1.165) is 5.57 Å². The highest BCUT2D eigenvalue weighted by Crippen LogP contribution is 2.04. The SMILES string of the molecule is C=C(C)CN(C)C(=O)Cn1cccc1C(=O)O. The zero-order chi connectivity index (χ0) is 13.0. The van der Waals surface area contributed by atoms with Gasteiger partial charge in [-0.15, -0.1) is 0 Å². The van der Waals surface area contributed by atoms with Crippen molar-refractivity contribution in [1.82, 2.24) is 9.47 Å². The van der Waals surface area contributed by atoms with Gasteiger partial charge in [0, 0.05) is 19.8 Å². The first kappa shape index (κ1) is 13.0. The molecular formula is C12H16N2O3. The number of carboxylic acid groups (broad SMARTS) is 1. The number of hydrogen-bond donors (Lipinski definition) is 1. The average Bonchev–Trinajstić information content (AvgIpc) is 2.64. The maximum absolute atomic E-state index is 11.8. The normalized spacial score (nSPS) is 10.0. The molecule has 0 aliphatic heterocycles. The topological polar surface area (TPSA) is 62.5 Å². The Labute approximate surface area is 100.0 Å². The lowest BCUT2D eigenvalue weighted by Gasteiger charge is -2.17. The van der Waals surface area contributed by atoms with Crippen LogP contribution in [-0.4, -0.2) is 40.0 Å². The molecule has 0 unspecified atom stereocenters. The van der Waals surface area contributed by atoms with Gasteiger partial charge in [-0.3, -0.25) is 4.79 Å². The molecule has 0 radical (unpaired) electrons. The molecule has 1 amide bonds. The highest BCUT2D eigenvalue weighted by Gasteiger charge is 2.14. The first-order valence-corrected chi connectivity index (χ1v) is 5.18. The van der Waals surface area contributed by atoms with Gasteiger partial charge in [-0.25, -0.2) is 4.79 Å². The van der Waals surface area contributed by atoms with Crippen LogP contribution in [0.1, 0.15) is 17.4 Å². The fraction of sp³-hybridized carbons (Fsp3) is 0.333. The summed E-state index contributed by atoms with van der Waals surface area (Å²) in [6.45, 7) is 6.06. The van der Waals surface area contributed by atoms with Gasteiger partial charge in [0.05, 0.1) is 0 Å². The summed E-state index contributed by atoms with van der Waals surface area (Å²) in [5.74, 6) is -1.18. The molecule has 17 heavy (non-hydrogen) atoms. The van der Waals surface area contributed by atoms with Crippen LogP contribution in [-0.2, 0) is 11.3 Å². The van der Waals surface area contributed by atoms with Crippen LogP contribution in [0.5, 0.6) is 0 Å². The molecule has 5 nitrogen and oxygen atoms in total. The zero-order valence-electron chi connectivity index (χ0n) is 10.0. The molecule has 1 aromatic rings. The van der Waals surface area contributed by atoms with Crippen molar-refractivity contribution in [2.45, 2.75) is 13.5 Å². The zero-order valence-corrected chi connectivity index (χ0v) is 10.0. The van der Waals surface area contributed by atoms with Crippen molar-refractivity contribution in [1.29, 1.82) is 0 Å². The van der Waals surface area contributed by atoms with Crippen LogP contribution in [0.4, 0.5) is 0 Å². The van der Waals surface area contributed by atoms with Gasteiger partial charge < -0.3 is 14.6 Å². The van der Waals surface area contributed by atoms with Crippen molar-refractivity contribution in [2.24, 2.45) is 0 Å². The van der Waals surface area contributed by atoms with E-state index < -0.39 is 5.97 Å². The van der Waals surface area contributed by atoms with E-state index in [1.807, 2.05) is 6.92 Å². The third kappa shape index (κ3) is 3.48. The Bertz CT molecular complexity index is 448. The Hall–Kier alpha value is -2.04. The van der Waals surface area contributed by atoms with Gasteiger partial charge in [0.1, 0.15) is 12.2 Å². The number of carbonyl (C=O) groups is 2. The van der Waals surface area contributed by atoms with Gasteiger partial charge in [0.15, 0.2) is 0 Å². The van der Waals surface area contributed by atoms with E-state index in [2.05, 4.69) is 6.58 Å². The molecule has 92 valence electrons. The summed E-state index contributed by atoms with van der Waals surface area (Å²) in [5.41, 5.74) is 0.994. The number of likely N-dealkylation sites (N-methyl/N-ethyl adjacent to an activating group) is 1. The van der Waals surface area contributed by atoms with E-state index >= 15 is 0 Å². The monoisotopic (exact) mass is 236 g/mol. The molecule has 0 aliphatic carbocycles. The minimum absolute atomic E-state index is 0.0262. The van der Waals surface area contributed by atoms with E-state index in [9.17, 15) is 9.59 Å². The molecule has 1 rings (SSSR count). The Morgan fingerprint density at radius 1 is 1.53 bits per heavy atom. The summed E-state index contributed by atoms with van der Waals surface area (Å²) in [6.07, 6.45) is 1.58. The van der Waals surface area contributed by atoms with Crippen LogP contribution in [0.3, 0.4) is 0 Å². The van der Waals surface area contributed by atoms with Crippen molar-refractivity contribution in [3.63, 3.8) is 0 Å². The third-order valence-electron chi connectivity index (χ3n) is 2.29. The number of hydrogen-bond acceptors (Lipinski definition) is 2. The quantitative estimate of drug-likeness (QED) is 0.782. The van der Waals surface area contributed by atoms with Crippen LogP contribution < -0.4 is 0 Å². The van der Waals surface area contributed by atoms with Crippen molar-refractivity contribution < 1.29 is 14.7 Å². The molecule has 0 aromatic carbocycles. The third-order valence-corrected chi connectivity index (χ3v) is 2.29. The predicted molar refractivity (Wildman–Crippen MR) is 63.8 cm³/mol. The number of aromatic carboxylic acids is 1. The van der Waals surface area contributed by atoms with Gasteiger partial charge in [-0.2, -0.15) is 0 Å². The molecule has 1 heterocycles. The highest BCUT2D eigenvalue weighted by atomic mass is 16.4. The molecule has 0 aliphatic rings. The highest BCUT2D eigenvalue weighted by molar-refractivity contribution is 5.86. The number of amides is 1. The van der Waals surface area contributed by atoms with Gasteiger partial charge in [0.2, 0.25) is 5.91 Å². The van der Waals surface area contributed by atoms with E-state index in [1.165, 1.54) is 15.5 Å². The lowest BCUT2D eigenvalue weighted by molar-refractivity contribution is -0.130. The lowest BCUT2D eigenvalue weighted by Crippen LogP contribution is -2.31. The molecule has 0 fully saturated rings. The Balaban J connectivity index is 2.71. The summed E-state index contributed by atoms with van der Waals surface area (Å²) in [5, 5.41) is 8.89. The fourth-order valence-corrected chi connectivity index (χ4v) is 1.51. The van der Waals surface area contributed by atoms with E-state index in [-0.39, 0.29) is 18.1 Å². The first-order valence-electron chi connectivity index (χ1n) is 5.18. The lowest BCUT2D eigenvalue weighted by atomic mass is 10.3. The summed E-state index contributed by atoms with van der Waals surface area (Å²) < 4.78 is 1.42. The first-order chi connectivity index (χ1) is 7.91. The van der Waals surface area contributed by atoms with E-state index in [0.29, 0.717) is 6.54 Å². The molecule has 0 saturated carbocycles. The Morgan fingerprint density at radius 2 is 2.18 bits per heavy atom. The van der Waals surface area contributed by atoms with Crippen molar-refractivity contribution in [2.75, 3.05) is 13.6 Å². The smallest absolute Gasteiger partial charge is 0.352 e. The molecule has 1 N–H and O–H groups in total. The molecule has 1 aromatic heterocycles. The molecular weight excluding hydrogens is 220 g/mol. The number of rotatable bonds is 5. The minimum atomic E-state index is -1.04. The van der Waals surface area contributed by atoms with Crippen LogP contribution in [0.25, 0.3) is 0 Å². The maximum atomic E-state index is 11.8. The van der Waals surface area contributed by atoms with E-state index in [4.69, 9.17) is 5.11 Å². The average molecular weight is 236 g/mol. The molecule has 0 bridgehead atoms. The number of nitrogens with zero attached hydrogens (tertiary/aromatic N) is 2. The summed E-state index contributed by atoms with van der Waals surface area (Å²) in [4.78, 5) is 24.2. The van der Waals surface area contributed by atoms with Crippen molar-refractivity contribution in [3.8, 4) is 0 Å². The largest absolute Gasteiger partial charge is 0.477 e. The summed E-state index contributed by atoms with van der Waals surface area (Å²) in [6, 6.07) is 3.07. The van der Waals surface area contributed by atoms with Gasteiger partial charge in [0.25, 0.3) is 0 Å². The Kier molecular flexibility index (Phi) is 4.09. The molecule has 5 heteroatoms. The molecule has 0 atom stereocenters. The van der Waals surface area contributed by atoms with Crippen molar-refractivity contribution >= 4 is 11.9 Å². The van der Waals surface area contributed by atoms with Crippen LogP contribution >= 0.6 is 0 Å². The number of carboxylic acids is 1. The number of aromatic nitrogens is 1. The minimum Gasteiger partial charge on any atom is -0.477 e. The second kappa shape index (κ2) is 5.34. The van der Waals surface area contributed by atoms with Gasteiger partial charge in [-0.1, -0.05) is 12.2 Å². The molecule has 0 spiro atoms. The van der Waals surface area contributed by atoms with Crippen molar-refractivity contribution in [3.05, 3.63) is 36.2 Å². The second-order valence-electron chi connectivity index (χ2n) is 4.03. The standard InChI is InChI=1S/C12H16N2O3/c1-9(2)7-13(3)11(15)8-14-6-4-5-10(14)12(16)17/h4-6H,1,7-8H2,2-3H3,(H,16,17). The van der Waals surface area contributed by atoms with E-state index in [1.54, 1.807) is 19.3 Å². The predicted octanol–water partition coefficient (Wildman–Crippen LogP) is 1.22. The van der Waals surface area contributed by atoms with Crippen LogP contribution in [0, 0.1) is 0 Å². The Morgan fingerprint density at radius 3 is 2.71 bits per heavy atom. The summed E-state index contributed by atoms with van der Waals surface area (Å²) in [7, 11) is 1.67. The second-order valence-corrected chi connectivity index (χ2v) is 4.03. The summed E-state index contributed by atoms with van der Waals surface area (Å²) >= 11 is 0. The molecule has 0 saturated heterocycles.